The fourth-order valence-electron chi connectivity index (χ4n) is 1.68. The Morgan fingerprint density at radius 2 is 2.28 bits per heavy atom. The highest BCUT2D eigenvalue weighted by Gasteiger charge is 2.13. The van der Waals surface area contributed by atoms with E-state index in [0.717, 1.165) is 5.56 Å². The van der Waals surface area contributed by atoms with Gasteiger partial charge in [0.05, 0.1) is 6.20 Å². The van der Waals surface area contributed by atoms with Crippen LogP contribution in [0.4, 0.5) is 0 Å². The van der Waals surface area contributed by atoms with Crippen LogP contribution in [0.5, 0.6) is 0 Å². The Morgan fingerprint density at radius 3 is 2.89 bits per heavy atom. The summed E-state index contributed by atoms with van der Waals surface area (Å²) in [6, 6.07) is 4.52. The number of aromatic nitrogens is 3. The summed E-state index contributed by atoms with van der Waals surface area (Å²) in [6.45, 7) is 0.448. The van der Waals surface area contributed by atoms with Crippen LogP contribution in [0.2, 0.25) is 0 Å². The molecular formula is C12H14N4O2. The fraction of sp³-hybridized carbons (Fsp3) is 0.250. The number of aryl methyl sites for hydroxylation is 1. The number of hydrogen-bond donors (Lipinski definition) is 1. The van der Waals surface area contributed by atoms with E-state index in [1.165, 1.54) is 11.0 Å². The first kappa shape index (κ1) is 12.1. The Bertz CT molecular complexity index is 614. The number of carbonyl (C=O) groups excluding carboxylic acids is 1. The van der Waals surface area contributed by atoms with Gasteiger partial charge in [0.2, 0.25) is 5.56 Å². The van der Waals surface area contributed by atoms with Gasteiger partial charge in [0.25, 0.3) is 5.91 Å². The highest BCUT2D eigenvalue weighted by molar-refractivity contribution is 5.91. The normalized spacial score (nSPS) is 10.3. The Balaban J connectivity index is 2.11. The van der Waals surface area contributed by atoms with E-state index in [1.54, 1.807) is 30.1 Å². The van der Waals surface area contributed by atoms with E-state index in [9.17, 15) is 9.59 Å². The van der Waals surface area contributed by atoms with Crippen molar-refractivity contribution in [3.05, 3.63) is 52.2 Å². The second kappa shape index (κ2) is 4.87. The molecule has 2 rings (SSSR count). The summed E-state index contributed by atoms with van der Waals surface area (Å²) < 4.78 is 1.68. The first-order valence-corrected chi connectivity index (χ1v) is 5.48. The number of nitrogens with one attached hydrogen (secondary N) is 1. The number of rotatable bonds is 3. The van der Waals surface area contributed by atoms with Crippen LogP contribution in [-0.2, 0) is 13.6 Å². The molecule has 6 heteroatoms. The summed E-state index contributed by atoms with van der Waals surface area (Å²) in [7, 11) is 3.50. The largest absolute Gasteiger partial charge is 0.336 e. The van der Waals surface area contributed by atoms with E-state index in [4.69, 9.17) is 0 Å². The summed E-state index contributed by atoms with van der Waals surface area (Å²) in [5, 5.41) is 4.04. The maximum Gasteiger partial charge on any atom is 0.270 e. The van der Waals surface area contributed by atoms with Crippen molar-refractivity contribution in [3.8, 4) is 0 Å². The molecule has 0 aliphatic heterocycles. The lowest BCUT2D eigenvalue weighted by molar-refractivity contribution is 0.0779. The lowest BCUT2D eigenvalue weighted by atomic mass is 10.3. The molecule has 0 unspecified atom stereocenters. The average Bonchev–Trinajstić information content (AvgIpc) is 2.73. The molecule has 0 saturated heterocycles. The Kier molecular flexibility index (Phi) is 3.27. The van der Waals surface area contributed by atoms with E-state index in [-0.39, 0.29) is 17.2 Å². The lowest BCUT2D eigenvalue weighted by Crippen LogP contribution is -2.28. The van der Waals surface area contributed by atoms with Crippen molar-refractivity contribution in [1.82, 2.24) is 19.7 Å². The molecule has 1 amide bonds. The van der Waals surface area contributed by atoms with E-state index in [0.29, 0.717) is 6.54 Å². The molecule has 2 heterocycles. The predicted molar refractivity (Wildman–Crippen MR) is 66.1 cm³/mol. The Hall–Kier alpha value is -2.37. The summed E-state index contributed by atoms with van der Waals surface area (Å²) in [6.07, 6.45) is 3.55. The predicted octanol–water partition coefficient (Wildman–Crippen LogP) is 0.381. The van der Waals surface area contributed by atoms with Crippen LogP contribution in [0.15, 0.2) is 35.4 Å². The monoisotopic (exact) mass is 246 g/mol. The SMILES string of the molecule is CN(Cc1cnn(C)c1)C(=O)c1cccc(=O)[nH]1. The van der Waals surface area contributed by atoms with Gasteiger partial charge in [-0.3, -0.25) is 14.3 Å². The summed E-state index contributed by atoms with van der Waals surface area (Å²) in [5.74, 6) is -0.225. The van der Waals surface area contributed by atoms with Crippen LogP contribution in [0, 0.1) is 0 Å². The zero-order valence-corrected chi connectivity index (χ0v) is 10.3. The first-order valence-electron chi connectivity index (χ1n) is 5.48. The van der Waals surface area contributed by atoms with Crippen molar-refractivity contribution in [3.63, 3.8) is 0 Å². The van der Waals surface area contributed by atoms with E-state index < -0.39 is 0 Å². The van der Waals surface area contributed by atoms with Crippen molar-refractivity contribution < 1.29 is 4.79 Å². The van der Waals surface area contributed by atoms with Crippen molar-refractivity contribution in [2.45, 2.75) is 6.54 Å². The maximum absolute atomic E-state index is 12.0. The quantitative estimate of drug-likeness (QED) is 0.851. The number of hydrogen-bond acceptors (Lipinski definition) is 3. The Labute approximate surface area is 104 Å². The van der Waals surface area contributed by atoms with E-state index >= 15 is 0 Å². The van der Waals surface area contributed by atoms with Gasteiger partial charge in [0.15, 0.2) is 0 Å². The van der Waals surface area contributed by atoms with Gasteiger partial charge in [-0.15, -0.1) is 0 Å². The van der Waals surface area contributed by atoms with Gasteiger partial charge >= 0.3 is 0 Å². The minimum atomic E-state index is -0.282. The van der Waals surface area contributed by atoms with Gasteiger partial charge in [0.1, 0.15) is 5.69 Å². The topological polar surface area (TPSA) is 71.0 Å². The molecular weight excluding hydrogens is 232 g/mol. The van der Waals surface area contributed by atoms with Crippen molar-refractivity contribution >= 4 is 5.91 Å². The Morgan fingerprint density at radius 1 is 1.50 bits per heavy atom. The molecule has 2 aromatic rings. The fourth-order valence-corrected chi connectivity index (χ4v) is 1.68. The van der Waals surface area contributed by atoms with Gasteiger partial charge in [-0.2, -0.15) is 5.10 Å². The van der Waals surface area contributed by atoms with Gasteiger partial charge in [-0.1, -0.05) is 6.07 Å². The molecule has 2 aromatic heterocycles. The standard InChI is InChI=1S/C12H14N4O2/c1-15(7-9-6-13-16(2)8-9)12(18)10-4-3-5-11(17)14-10/h3-6,8H,7H2,1-2H3,(H,14,17). The second-order valence-electron chi connectivity index (χ2n) is 4.11. The van der Waals surface area contributed by atoms with Crippen LogP contribution in [0.25, 0.3) is 0 Å². The molecule has 1 N–H and O–H groups in total. The van der Waals surface area contributed by atoms with Crippen LogP contribution in [0.1, 0.15) is 16.1 Å². The average molecular weight is 246 g/mol. The zero-order valence-electron chi connectivity index (χ0n) is 10.3. The third-order valence-corrected chi connectivity index (χ3v) is 2.52. The van der Waals surface area contributed by atoms with Crippen LogP contribution < -0.4 is 5.56 Å². The number of pyridine rings is 1. The molecule has 0 aromatic carbocycles. The number of carbonyl (C=O) groups is 1. The van der Waals surface area contributed by atoms with Gasteiger partial charge in [-0.05, 0) is 6.07 Å². The third kappa shape index (κ3) is 2.65. The number of amides is 1. The van der Waals surface area contributed by atoms with Crippen LogP contribution >= 0.6 is 0 Å². The molecule has 0 fully saturated rings. The molecule has 0 aliphatic carbocycles. The molecule has 6 nitrogen and oxygen atoms in total. The summed E-state index contributed by atoms with van der Waals surface area (Å²) >= 11 is 0. The van der Waals surface area contributed by atoms with Crippen molar-refractivity contribution in [1.29, 1.82) is 0 Å². The smallest absolute Gasteiger partial charge is 0.270 e. The molecule has 18 heavy (non-hydrogen) atoms. The number of nitrogens with zero attached hydrogens (tertiary/aromatic N) is 3. The molecule has 0 radical (unpaired) electrons. The highest BCUT2D eigenvalue weighted by Crippen LogP contribution is 2.04. The number of aromatic amines is 1. The summed E-state index contributed by atoms with van der Waals surface area (Å²) in [4.78, 5) is 27.2. The third-order valence-electron chi connectivity index (χ3n) is 2.52. The van der Waals surface area contributed by atoms with Gasteiger partial charge in [0, 0.05) is 38.5 Å². The van der Waals surface area contributed by atoms with Gasteiger partial charge < -0.3 is 9.88 Å². The molecule has 0 spiro atoms. The minimum Gasteiger partial charge on any atom is -0.336 e. The summed E-state index contributed by atoms with van der Waals surface area (Å²) in [5.41, 5.74) is 0.941. The molecule has 0 aliphatic rings. The van der Waals surface area contributed by atoms with Crippen LogP contribution in [-0.4, -0.2) is 32.6 Å². The minimum absolute atomic E-state index is 0.225. The van der Waals surface area contributed by atoms with E-state index in [1.807, 2.05) is 13.2 Å². The maximum atomic E-state index is 12.0. The molecule has 0 atom stereocenters. The second-order valence-corrected chi connectivity index (χ2v) is 4.11. The van der Waals surface area contributed by atoms with Gasteiger partial charge in [-0.25, -0.2) is 0 Å². The first-order chi connectivity index (χ1) is 8.56. The number of H-pyrrole nitrogens is 1. The van der Waals surface area contributed by atoms with Crippen LogP contribution in [0.3, 0.4) is 0 Å². The van der Waals surface area contributed by atoms with E-state index in [2.05, 4.69) is 10.1 Å². The highest BCUT2D eigenvalue weighted by atomic mass is 16.2. The molecule has 0 saturated carbocycles. The zero-order chi connectivity index (χ0) is 13.1. The lowest BCUT2D eigenvalue weighted by Gasteiger charge is -2.15. The van der Waals surface area contributed by atoms with Crippen molar-refractivity contribution in [2.75, 3.05) is 7.05 Å². The molecule has 0 bridgehead atoms. The van der Waals surface area contributed by atoms with Crippen molar-refractivity contribution in [2.24, 2.45) is 7.05 Å². The molecule has 94 valence electrons.